The Morgan fingerprint density at radius 2 is 2.00 bits per heavy atom. The molecule has 2 aromatic rings. The number of benzene rings is 1. The van der Waals surface area contributed by atoms with E-state index in [-0.39, 0.29) is 5.56 Å². The number of hydrogen-bond acceptors (Lipinski definition) is 3. The molecule has 0 aliphatic heterocycles. The molecule has 0 saturated carbocycles. The highest BCUT2D eigenvalue weighted by Gasteiger charge is 2.11. The molecule has 0 amide bonds. The van der Waals surface area contributed by atoms with E-state index in [1.807, 2.05) is 13.0 Å². The molecule has 1 heterocycles. The first kappa shape index (κ1) is 10.4. The van der Waals surface area contributed by atoms with Gasteiger partial charge in [0.1, 0.15) is 0 Å². The van der Waals surface area contributed by atoms with E-state index in [1.165, 1.54) is 0 Å². The van der Waals surface area contributed by atoms with Crippen LogP contribution in [0, 0.1) is 13.8 Å². The van der Waals surface area contributed by atoms with Gasteiger partial charge in [0, 0.05) is 16.8 Å². The van der Waals surface area contributed by atoms with Gasteiger partial charge in [0.25, 0.3) is 0 Å². The van der Waals surface area contributed by atoms with Crippen LogP contribution in [0.4, 0.5) is 5.69 Å². The van der Waals surface area contributed by atoms with Gasteiger partial charge in [-0.1, -0.05) is 0 Å². The Morgan fingerprint density at radius 1 is 1.31 bits per heavy atom. The van der Waals surface area contributed by atoms with E-state index < -0.39 is 5.97 Å². The highest BCUT2D eigenvalue weighted by Crippen LogP contribution is 2.24. The van der Waals surface area contributed by atoms with Gasteiger partial charge in [0.15, 0.2) is 0 Å². The highest BCUT2D eigenvalue weighted by atomic mass is 16.4. The van der Waals surface area contributed by atoms with Crippen LogP contribution >= 0.6 is 0 Å². The minimum atomic E-state index is -0.959. The fourth-order valence-corrected chi connectivity index (χ4v) is 1.70. The third-order valence-electron chi connectivity index (χ3n) is 2.55. The van der Waals surface area contributed by atoms with Crippen molar-refractivity contribution in [3.63, 3.8) is 0 Å². The summed E-state index contributed by atoms with van der Waals surface area (Å²) in [5, 5.41) is 9.68. The van der Waals surface area contributed by atoms with E-state index in [4.69, 9.17) is 10.8 Å². The van der Waals surface area contributed by atoms with Crippen molar-refractivity contribution in [2.45, 2.75) is 13.8 Å². The zero-order chi connectivity index (χ0) is 11.9. The second-order valence-electron chi connectivity index (χ2n) is 3.84. The molecule has 0 radical (unpaired) electrons. The van der Waals surface area contributed by atoms with Gasteiger partial charge in [0.05, 0.1) is 11.1 Å². The summed E-state index contributed by atoms with van der Waals surface area (Å²) in [5.74, 6) is -0.959. The Bertz CT molecular complexity index is 591. The number of nitrogens with two attached hydrogens (primary N) is 1. The smallest absolute Gasteiger partial charge is 0.336 e. The van der Waals surface area contributed by atoms with E-state index >= 15 is 0 Å². The molecule has 1 aromatic heterocycles. The van der Waals surface area contributed by atoms with Crippen LogP contribution in [0.2, 0.25) is 0 Å². The summed E-state index contributed by atoms with van der Waals surface area (Å²) < 4.78 is 0. The average Bonchev–Trinajstić information content (AvgIpc) is 2.19. The summed E-state index contributed by atoms with van der Waals surface area (Å²) in [6, 6.07) is 5.03. The van der Waals surface area contributed by atoms with Gasteiger partial charge < -0.3 is 10.8 Å². The number of carboxylic acid groups (broad SMARTS) is 1. The first-order valence-electron chi connectivity index (χ1n) is 4.90. The molecule has 0 saturated heterocycles. The van der Waals surface area contributed by atoms with Gasteiger partial charge in [-0.3, -0.25) is 4.98 Å². The van der Waals surface area contributed by atoms with Crippen molar-refractivity contribution >= 4 is 22.6 Å². The number of nitrogen functional groups attached to an aromatic ring is 1. The number of hydrogen-bond donors (Lipinski definition) is 2. The van der Waals surface area contributed by atoms with Gasteiger partial charge in [-0.25, -0.2) is 4.79 Å². The molecule has 0 aliphatic carbocycles. The Kier molecular flexibility index (Phi) is 2.27. The maximum atomic E-state index is 11.1. The molecule has 0 fully saturated rings. The molecule has 4 nitrogen and oxygen atoms in total. The molecular weight excluding hydrogens is 204 g/mol. The van der Waals surface area contributed by atoms with Crippen LogP contribution in [-0.2, 0) is 0 Å². The molecule has 2 rings (SSSR count). The average molecular weight is 216 g/mol. The number of aryl methyl sites for hydroxylation is 2. The van der Waals surface area contributed by atoms with Crippen LogP contribution in [0.3, 0.4) is 0 Å². The van der Waals surface area contributed by atoms with E-state index in [0.29, 0.717) is 22.3 Å². The minimum Gasteiger partial charge on any atom is -0.478 e. The molecule has 0 unspecified atom stereocenters. The van der Waals surface area contributed by atoms with Crippen molar-refractivity contribution in [1.29, 1.82) is 0 Å². The Morgan fingerprint density at radius 3 is 2.62 bits per heavy atom. The highest BCUT2D eigenvalue weighted by molar-refractivity contribution is 6.03. The van der Waals surface area contributed by atoms with Gasteiger partial charge in [-0.05, 0) is 37.6 Å². The molecule has 0 spiro atoms. The van der Waals surface area contributed by atoms with Crippen LogP contribution in [0.15, 0.2) is 18.2 Å². The third kappa shape index (κ3) is 1.58. The molecule has 0 atom stereocenters. The van der Waals surface area contributed by atoms with Crippen LogP contribution in [-0.4, -0.2) is 16.1 Å². The number of rotatable bonds is 1. The number of fused-ring (bicyclic) bond motifs is 1. The van der Waals surface area contributed by atoms with Gasteiger partial charge in [-0.15, -0.1) is 0 Å². The lowest BCUT2D eigenvalue weighted by Gasteiger charge is -2.07. The number of nitrogens with zero attached hydrogens (tertiary/aromatic N) is 1. The van der Waals surface area contributed by atoms with Gasteiger partial charge >= 0.3 is 5.97 Å². The van der Waals surface area contributed by atoms with Crippen LogP contribution in [0.25, 0.3) is 10.9 Å². The monoisotopic (exact) mass is 216 g/mol. The van der Waals surface area contributed by atoms with Crippen molar-refractivity contribution in [3.05, 3.63) is 35.0 Å². The number of pyridine rings is 1. The first-order valence-corrected chi connectivity index (χ1v) is 4.90. The molecular formula is C12H12N2O2. The van der Waals surface area contributed by atoms with Gasteiger partial charge in [0.2, 0.25) is 0 Å². The first-order chi connectivity index (χ1) is 7.49. The maximum Gasteiger partial charge on any atom is 0.336 e. The molecule has 1 aromatic carbocycles. The Labute approximate surface area is 92.7 Å². The fourth-order valence-electron chi connectivity index (χ4n) is 1.70. The number of carboxylic acids is 1. The SMILES string of the molecule is Cc1cc(C(=O)O)c2cc(N)c(C)cc2n1. The van der Waals surface area contributed by atoms with E-state index in [2.05, 4.69) is 4.98 Å². The quantitative estimate of drug-likeness (QED) is 0.716. The number of anilines is 1. The second kappa shape index (κ2) is 3.48. The topological polar surface area (TPSA) is 76.2 Å². The number of aromatic carboxylic acids is 1. The van der Waals surface area contributed by atoms with Crippen molar-refractivity contribution in [3.8, 4) is 0 Å². The van der Waals surface area contributed by atoms with Crippen molar-refractivity contribution in [1.82, 2.24) is 4.98 Å². The zero-order valence-electron chi connectivity index (χ0n) is 9.11. The summed E-state index contributed by atoms with van der Waals surface area (Å²) in [5.41, 5.74) is 8.86. The molecule has 4 heteroatoms. The molecule has 0 bridgehead atoms. The predicted octanol–water partition coefficient (Wildman–Crippen LogP) is 2.13. The molecule has 82 valence electrons. The normalized spacial score (nSPS) is 10.6. The largest absolute Gasteiger partial charge is 0.478 e. The molecule has 3 N–H and O–H groups in total. The Hall–Kier alpha value is -2.10. The third-order valence-corrected chi connectivity index (χ3v) is 2.55. The second-order valence-corrected chi connectivity index (χ2v) is 3.84. The van der Waals surface area contributed by atoms with E-state index in [0.717, 1.165) is 5.56 Å². The lowest BCUT2D eigenvalue weighted by atomic mass is 10.0. The zero-order valence-corrected chi connectivity index (χ0v) is 9.11. The summed E-state index contributed by atoms with van der Waals surface area (Å²) in [7, 11) is 0. The van der Waals surface area contributed by atoms with Gasteiger partial charge in [-0.2, -0.15) is 0 Å². The van der Waals surface area contributed by atoms with Crippen molar-refractivity contribution in [2.24, 2.45) is 0 Å². The lowest BCUT2D eigenvalue weighted by Crippen LogP contribution is -2.01. The maximum absolute atomic E-state index is 11.1. The number of aromatic nitrogens is 1. The standard InChI is InChI=1S/C12H12N2O2/c1-6-3-11-8(5-10(6)13)9(12(15)16)4-7(2)14-11/h3-5H,13H2,1-2H3,(H,15,16). The minimum absolute atomic E-state index is 0.245. The van der Waals surface area contributed by atoms with Crippen molar-refractivity contribution in [2.75, 3.05) is 5.73 Å². The number of carbonyl (C=O) groups is 1. The van der Waals surface area contributed by atoms with Crippen molar-refractivity contribution < 1.29 is 9.90 Å². The summed E-state index contributed by atoms with van der Waals surface area (Å²) in [6.45, 7) is 3.65. The predicted molar refractivity (Wildman–Crippen MR) is 62.6 cm³/mol. The van der Waals surface area contributed by atoms with E-state index in [9.17, 15) is 4.79 Å². The summed E-state index contributed by atoms with van der Waals surface area (Å²) >= 11 is 0. The fraction of sp³-hybridized carbons (Fsp3) is 0.167. The van der Waals surface area contributed by atoms with Crippen LogP contribution < -0.4 is 5.73 Å². The van der Waals surface area contributed by atoms with E-state index in [1.54, 1.807) is 19.1 Å². The lowest BCUT2D eigenvalue weighted by molar-refractivity contribution is 0.0699. The Balaban J connectivity index is 2.90. The van der Waals surface area contributed by atoms with Crippen LogP contribution in [0.5, 0.6) is 0 Å². The van der Waals surface area contributed by atoms with Crippen LogP contribution in [0.1, 0.15) is 21.6 Å². The summed E-state index contributed by atoms with van der Waals surface area (Å²) in [6.07, 6.45) is 0. The molecule has 16 heavy (non-hydrogen) atoms. The summed E-state index contributed by atoms with van der Waals surface area (Å²) in [4.78, 5) is 15.4. The molecule has 0 aliphatic rings.